The lowest BCUT2D eigenvalue weighted by Gasteiger charge is -2.14. The van der Waals surface area contributed by atoms with Gasteiger partial charge in [0.1, 0.15) is 12.4 Å². The number of carbonyl (C=O) groups is 1. The summed E-state index contributed by atoms with van der Waals surface area (Å²) in [6, 6.07) is 21.7. The maximum absolute atomic E-state index is 11.3. The van der Waals surface area contributed by atoms with Gasteiger partial charge >= 0.3 is 5.97 Å². The lowest BCUT2D eigenvalue weighted by molar-refractivity contribution is -0.137. The van der Waals surface area contributed by atoms with Crippen molar-refractivity contribution in [2.75, 3.05) is 19.8 Å². The number of aliphatic hydroxyl groups is 1. The highest BCUT2D eigenvalue weighted by Crippen LogP contribution is 2.32. The van der Waals surface area contributed by atoms with Gasteiger partial charge in [-0.2, -0.15) is 0 Å². The number of carbonyl (C=O) groups excluding carboxylic acids is 1. The van der Waals surface area contributed by atoms with Gasteiger partial charge in [0.25, 0.3) is 0 Å². The van der Waals surface area contributed by atoms with Gasteiger partial charge < -0.3 is 14.6 Å². The van der Waals surface area contributed by atoms with E-state index < -0.39 is 5.97 Å². The topological polar surface area (TPSA) is 55.8 Å². The molecule has 0 unspecified atom stereocenters. The van der Waals surface area contributed by atoms with Crippen molar-refractivity contribution >= 4 is 5.97 Å². The lowest BCUT2D eigenvalue weighted by atomic mass is 9.93. The summed E-state index contributed by atoms with van der Waals surface area (Å²) in [6.45, 7) is 8.33. The first kappa shape index (κ1) is 27.2. The van der Waals surface area contributed by atoms with Crippen LogP contribution >= 0.6 is 0 Å². The maximum Gasteiger partial charge on any atom is 0.330 e. The van der Waals surface area contributed by atoms with Crippen molar-refractivity contribution in [1.82, 2.24) is 0 Å². The van der Waals surface area contributed by atoms with Crippen molar-refractivity contribution in [3.05, 3.63) is 90.0 Å². The third-order valence-corrected chi connectivity index (χ3v) is 6.30. The molecule has 0 amide bonds. The zero-order chi connectivity index (χ0) is 25.8. The molecule has 3 rings (SSSR count). The Kier molecular flexibility index (Phi) is 10.8. The van der Waals surface area contributed by atoms with E-state index in [0.29, 0.717) is 19.4 Å². The molecule has 3 aromatic rings. The first-order valence-electron chi connectivity index (χ1n) is 12.9. The molecule has 0 spiro atoms. The molecule has 0 saturated heterocycles. The minimum Gasteiger partial charge on any atom is -0.491 e. The fourth-order valence-corrected chi connectivity index (χ4v) is 4.34. The summed E-state index contributed by atoms with van der Waals surface area (Å²) in [6.07, 6.45) is 7.45. The largest absolute Gasteiger partial charge is 0.491 e. The number of ether oxygens (including phenoxy) is 2. The van der Waals surface area contributed by atoms with Crippen LogP contribution in [0.5, 0.6) is 5.75 Å². The van der Waals surface area contributed by atoms with Gasteiger partial charge in [0, 0.05) is 6.08 Å². The van der Waals surface area contributed by atoms with Crippen LogP contribution in [0.25, 0.3) is 22.3 Å². The summed E-state index contributed by atoms with van der Waals surface area (Å²) >= 11 is 0. The molecule has 0 heterocycles. The second-order valence-corrected chi connectivity index (χ2v) is 9.05. The molecular weight excluding hydrogens is 448 g/mol. The van der Waals surface area contributed by atoms with Crippen LogP contribution in [0, 0.1) is 6.92 Å². The van der Waals surface area contributed by atoms with Gasteiger partial charge in [-0.15, -0.1) is 0 Å². The van der Waals surface area contributed by atoms with Crippen LogP contribution in [0.3, 0.4) is 0 Å². The minimum atomic E-state index is -0.415. The van der Waals surface area contributed by atoms with Crippen LogP contribution in [0.4, 0.5) is 0 Å². The van der Waals surface area contributed by atoms with E-state index in [1.165, 1.54) is 47.6 Å². The smallest absolute Gasteiger partial charge is 0.330 e. The summed E-state index contributed by atoms with van der Waals surface area (Å²) in [7, 11) is 0. The summed E-state index contributed by atoms with van der Waals surface area (Å²) in [5.74, 6) is 0.331. The fourth-order valence-electron chi connectivity index (χ4n) is 4.34. The van der Waals surface area contributed by atoms with Gasteiger partial charge in [-0.25, -0.2) is 4.79 Å². The Bertz CT molecular complexity index is 1130. The average Bonchev–Trinajstić information content (AvgIpc) is 2.90. The second kappa shape index (κ2) is 14.3. The number of hydrogen-bond donors (Lipinski definition) is 1. The summed E-state index contributed by atoms with van der Waals surface area (Å²) in [5.41, 5.74) is 8.37. The molecule has 3 aromatic carbocycles. The Hall–Kier alpha value is -3.37. The Balaban J connectivity index is 1.77. The molecular formula is C32H38O4. The number of aryl methyl sites for hydroxylation is 3. The van der Waals surface area contributed by atoms with E-state index in [4.69, 9.17) is 9.47 Å². The van der Waals surface area contributed by atoms with E-state index in [1.54, 1.807) is 0 Å². The van der Waals surface area contributed by atoms with Crippen LogP contribution in [0.2, 0.25) is 0 Å². The number of unbranched alkanes of at least 4 members (excludes halogenated alkanes) is 2. The van der Waals surface area contributed by atoms with Gasteiger partial charge in [-0.3, -0.25) is 0 Å². The molecule has 0 aromatic heterocycles. The van der Waals surface area contributed by atoms with Gasteiger partial charge in [-0.1, -0.05) is 74.9 Å². The molecule has 0 fully saturated rings. The number of hydrogen-bond acceptors (Lipinski definition) is 4. The van der Waals surface area contributed by atoms with Gasteiger partial charge in [0.05, 0.1) is 13.2 Å². The normalized spacial score (nSPS) is 10.8. The minimum absolute atomic E-state index is 0.0431. The van der Waals surface area contributed by atoms with Gasteiger partial charge in [0.15, 0.2) is 0 Å². The first-order chi connectivity index (χ1) is 17.5. The molecule has 0 bridgehead atoms. The van der Waals surface area contributed by atoms with E-state index >= 15 is 0 Å². The van der Waals surface area contributed by atoms with E-state index in [1.807, 2.05) is 12.1 Å². The van der Waals surface area contributed by atoms with Gasteiger partial charge in [-0.05, 0) is 83.7 Å². The predicted octanol–water partition coefficient (Wildman–Crippen LogP) is 7.09. The standard InChI is InChI=1S/C32H38O4/c1-4-6-7-9-25-11-13-26(14-12-25)30-17-15-27(22-24(30)3)28-16-18-31(35-21-19-33)29(23-28)10-8-20-36-32(34)5-2/h5,11-18,22-23,33H,2,4,6-10,19-21H2,1,3H3. The van der Waals surface area contributed by atoms with Crippen molar-refractivity contribution in [1.29, 1.82) is 0 Å². The molecule has 0 aliphatic heterocycles. The molecule has 4 heteroatoms. The molecule has 1 N–H and O–H groups in total. The van der Waals surface area contributed by atoms with Gasteiger partial charge in [0.2, 0.25) is 0 Å². The average molecular weight is 487 g/mol. The molecule has 0 aliphatic carbocycles. The fraction of sp³-hybridized carbons (Fsp3) is 0.344. The second-order valence-electron chi connectivity index (χ2n) is 9.05. The molecule has 36 heavy (non-hydrogen) atoms. The summed E-state index contributed by atoms with van der Waals surface area (Å²) in [5, 5.41) is 9.18. The highest BCUT2D eigenvalue weighted by atomic mass is 16.5. The Morgan fingerprint density at radius 2 is 1.61 bits per heavy atom. The third-order valence-electron chi connectivity index (χ3n) is 6.30. The van der Waals surface area contributed by atoms with Crippen LogP contribution in [0.1, 0.15) is 49.3 Å². The molecule has 0 atom stereocenters. The molecule has 0 aliphatic rings. The Labute approximate surface area is 215 Å². The first-order valence-corrected chi connectivity index (χ1v) is 12.9. The maximum atomic E-state index is 11.3. The number of esters is 1. The van der Waals surface area contributed by atoms with Crippen molar-refractivity contribution in [3.63, 3.8) is 0 Å². The van der Waals surface area contributed by atoms with Crippen molar-refractivity contribution in [2.45, 2.75) is 52.4 Å². The monoisotopic (exact) mass is 486 g/mol. The van der Waals surface area contributed by atoms with Crippen molar-refractivity contribution < 1.29 is 19.4 Å². The van der Waals surface area contributed by atoms with Crippen molar-refractivity contribution in [2.24, 2.45) is 0 Å². The third kappa shape index (κ3) is 7.82. The lowest BCUT2D eigenvalue weighted by Crippen LogP contribution is -2.06. The zero-order valence-corrected chi connectivity index (χ0v) is 21.6. The SMILES string of the molecule is C=CC(=O)OCCCc1cc(-c2ccc(-c3ccc(CCCCC)cc3)c(C)c2)ccc1OCCO. The highest BCUT2D eigenvalue weighted by Gasteiger charge is 2.10. The number of benzene rings is 3. The number of rotatable bonds is 14. The zero-order valence-electron chi connectivity index (χ0n) is 21.6. The van der Waals surface area contributed by atoms with E-state index in [0.717, 1.165) is 28.9 Å². The molecule has 4 nitrogen and oxygen atoms in total. The predicted molar refractivity (Wildman–Crippen MR) is 147 cm³/mol. The van der Waals surface area contributed by atoms with E-state index in [-0.39, 0.29) is 13.2 Å². The van der Waals surface area contributed by atoms with Crippen LogP contribution in [-0.4, -0.2) is 30.9 Å². The molecule has 0 radical (unpaired) electrons. The van der Waals surface area contributed by atoms with Crippen LogP contribution in [0.15, 0.2) is 73.3 Å². The molecule has 190 valence electrons. The van der Waals surface area contributed by atoms with Crippen LogP contribution < -0.4 is 4.74 Å². The van der Waals surface area contributed by atoms with E-state index in [9.17, 15) is 9.90 Å². The highest BCUT2D eigenvalue weighted by molar-refractivity contribution is 5.81. The quantitative estimate of drug-likeness (QED) is 0.150. The van der Waals surface area contributed by atoms with Crippen molar-refractivity contribution in [3.8, 4) is 28.0 Å². The summed E-state index contributed by atoms with van der Waals surface area (Å²) in [4.78, 5) is 11.3. The summed E-state index contributed by atoms with van der Waals surface area (Å²) < 4.78 is 10.9. The van der Waals surface area contributed by atoms with Crippen LogP contribution in [-0.2, 0) is 22.4 Å². The molecule has 0 saturated carbocycles. The Morgan fingerprint density at radius 3 is 2.31 bits per heavy atom. The Morgan fingerprint density at radius 1 is 0.889 bits per heavy atom. The number of aliphatic hydroxyl groups excluding tert-OH is 1. The van der Waals surface area contributed by atoms with E-state index in [2.05, 4.69) is 69.0 Å².